The number of benzene rings is 1. The van der Waals surface area contributed by atoms with E-state index in [2.05, 4.69) is 4.98 Å². The van der Waals surface area contributed by atoms with Gasteiger partial charge in [-0.05, 0) is 6.07 Å². The number of oxazole rings is 1. The molecule has 2 N–H and O–H groups in total. The van der Waals surface area contributed by atoms with Crippen LogP contribution in [0.25, 0.3) is 11.1 Å². The summed E-state index contributed by atoms with van der Waals surface area (Å²) in [6.45, 7) is 0.415. The zero-order valence-electron chi connectivity index (χ0n) is 7.53. The average molecular weight is 187 g/mol. The van der Waals surface area contributed by atoms with Crippen molar-refractivity contribution in [3.8, 4) is 6.07 Å². The first-order chi connectivity index (χ1) is 6.85. The van der Waals surface area contributed by atoms with Crippen molar-refractivity contribution in [3.05, 3.63) is 29.7 Å². The van der Waals surface area contributed by atoms with Gasteiger partial charge in [0.05, 0.1) is 6.07 Å². The van der Waals surface area contributed by atoms with E-state index >= 15 is 0 Å². The SMILES string of the molecule is N#CCc1nc2cccc(CN)c2o1. The molecule has 0 spiro atoms. The summed E-state index contributed by atoms with van der Waals surface area (Å²) in [5.74, 6) is 0.448. The van der Waals surface area contributed by atoms with Gasteiger partial charge in [-0.2, -0.15) is 5.26 Å². The van der Waals surface area contributed by atoms with Crippen molar-refractivity contribution < 1.29 is 4.42 Å². The molecule has 4 heteroatoms. The maximum atomic E-state index is 8.50. The maximum Gasteiger partial charge on any atom is 0.209 e. The van der Waals surface area contributed by atoms with Crippen molar-refractivity contribution in [1.82, 2.24) is 4.98 Å². The van der Waals surface area contributed by atoms with Gasteiger partial charge in [-0.15, -0.1) is 0 Å². The first-order valence-corrected chi connectivity index (χ1v) is 4.29. The Morgan fingerprint density at radius 1 is 1.50 bits per heavy atom. The molecular formula is C10H9N3O. The number of nitriles is 1. The monoisotopic (exact) mass is 187 g/mol. The number of rotatable bonds is 2. The van der Waals surface area contributed by atoms with Gasteiger partial charge >= 0.3 is 0 Å². The minimum Gasteiger partial charge on any atom is -0.439 e. The summed E-state index contributed by atoms with van der Waals surface area (Å²) >= 11 is 0. The lowest BCUT2D eigenvalue weighted by Crippen LogP contribution is -1.95. The topological polar surface area (TPSA) is 75.8 Å². The molecule has 0 radical (unpaired) electrons. The van der Waals surface area contributed by atoms with E-state index in [0.717, 1.165) is 11.1 Å². The number of hydrogen-bond donors (Lipinski definition) is 1. The van der Waals surface area contributed by atoms with Crippen LogP contribution in [0.4, 0.5) is 0 Å². The van der Waals surface area contributed by atoms with Crippen molar-refractivity contribution in [1.29, 1.82) is 5.26 Å². The Balaban J connectivity index is 2.59. The van der Waals surface area contributed by atoms with E-state index in [1.165, 1.54) is 0 Å². The van der Waals surface area contributed by atoms with Crippen molar-refractivity contribution in [2.24, 2.45) is 5.73 Å². The molecule has 0 fully saturated rings. The van der Waals surface area contributed by atoms with Crippen LogP contribution >= 0.6 is 0 Å². The third-order valence-corrected chi connectivity index (χ3v) is 1.99. The molecule has 0 aliphatic rings. The average Bonchev–Trinajstić information content (AvgIpc) is 2.60. The van der Waals surface area contributed by atoms with Crippen molar-refractivity contribution in [2.75, 3.05) is 0 Å². The Bertz CT molecular complexity index is 496. The van der Waals surface area contributed by atoms with Gasteiger partial charge in [0.25, 0.3) is 0 Å². The molecule has 0 saturated carbocycles. The fraction of sp³-hybridized carbons (Fsp3) is 0.200. The van der Waals surface area contributed by atoms with Crippen LogP contribution in [0.2, 0.25) is 0 Å². The van der Waals surface area contributed by atoms with Gasteiger partial charge in [0.15, 0.2) is 5.58 Å². The number of para-hydroxylation sites is 1. The van der Waals surface area contributed by atoms with E-state index < -0.39 is 0 Å². The molecule has 1 aromatic heterocycles. The van der Waals surface area contributed by atoms with Crippen molar-refractivity contribution in [2.45, 2.75) is 13.0 Å². The zero-order valence-corrected chi connectivity index (χ0v) is 7.53. The summed E-state index contributed by atoms with van der Waals surface area (Å²) in [5.41, 5.74) is 7.92. The third-order valence-electron chi connectivity index (χ3n) is 1.99. The van der Waals surface area contributed by atoms with E-state index in [1.54, 1.807) is 0 Å². The molecule has 0 atom stereocenters. The van der Waals surface area contributed by atoms with Gasteiger partial charge in [-0.1, -0.05) is 12.1 Å². The maximum absolute atomic E-state index is 8.50. The first kappa shape index (κ1) is 8.73. The van der Waals surface area contributed by atoms with E-state index in [4.69, 9.17) is 15.4 Å². The van der Waals surface area contributed by atoms with E-state index in [9.17, 15) is 0 Å². The fourth-order valence-corrected chi connectivity index (χ4v) is 1.36. The largest absolute Gasteiger partial charge is 0.439 e. The number of fused-ring (bicyclic) bond motifs is 1. The molecule has 1 aromatic carbocycles. The molecule has 4 nitrogen and oxygen atoms in total. The summed E-state index contributed by atoms with van der Waals surface area (Å²) in [5, 5.41) is 8.50. The summed E-state index contributed by atoms with van der Waals surface area (Å²) in [6, 6.07) is 7.61. The van der Waals surface area contributed by atoms with Crippen LogP contribution in [0, 0.1) is 11.3 Å². The lowest BCUT2D eigenvalue weighted by Gasteiger charge is -1.94. The summed E-state index contributed by atoms with van der Waals surface area (Å²) in [6.07, 6.45) is 0.193. The predicted molar refractivity (Wildman–Crippen MR) is 51.2 cm³/mol. The molecule has 14 heavy (non-hydrogen) atoms. The molecule has 0 saturated heterocycles. The lowest BCUT2D eigenvalue weighted by molar-refractivity contribution is 0.545. The van der Waals surface area contributed by atoms with E-state index in [1.807, 2.05) is 24.3 Å². The second-order valence-corrected chi connectivity index (χ2v) is 2.91. The predicted octanol–water partition coefficient (Wildman–Crippen LogP) is 1.35. The van der Waals surface area contributed by atoms with Gasteiger partial charge < -0.3 is 10.2 Å². The first-order valence-electron chi connectivity index (χ1n) is 4.29. The second kappa shape index (κ2) is 3.48. The number of nitrogens with zero attached hydrogens (tertiary/aromatic N) is 2. The van der Waals surface area contributed by atoms with Crippen LogP contribution in [0.15, 0.2) is 22.6 Å². The molecule has 2 aromatic rings. The Hall–Kier alpha value is -1.86. The van der Waals surface area contributed by atoms with Gasteiger partial charge in [0, 0.05) is 12.1 Å². The highest BCUT2D eigenvalue weighted by Gasteiger charge is 2.07. The Morgan fingerprint density at radius 2 is 2.36 bits per heavy atom. The zero-order chi connectivity index (χ0) is 9.97. The number of nitrogens with two attached hydrogens (primary N) is 1. The Morgan fingerprint density at radius 3 is 3.07 bits per heavy atom. The highest BCUT2D eigenvalue weighted by atomic mass is 16.3. The van der Waals surface area contributed by atoms with Crippen LogP contribution in [0.5, 0.6) is 0 Å². The van der Waals surface area contributed by atoms with Gasteiger partial charge in [-0.3, -0.25) is 0 Å². The molecule has 70 valence electrons. The quantitative estimate of drug-likeness (QED) is 0.769. The molecule has 1 heterocycles. The van der Waals surface area contributed by atoms with Crippen molar-refractivity contribution in [3.63, 3.8) is 0 Å². The van der Waals surface area contributed by atoms with E-state index in [-0.39, 0.29) is 6.42 Å². The van der Waals surface area contributed by atoms with Crippen LogP contribution in [-0.4, -0.2) is 4.98 Å². The van der Waals surface area contributed by atoms with Gasteiger partial charge in [-0.25, -0.2) is 4.98 Å². The molecular weight excluding hydrogens is 178 g/mol. The summed E-state index contributed by atoms with van der Waals surface area (Å²) in [4.78, 5) is 4.17. The minimum absolute atomic E-state index is 0.193. The lowest BCUT2D eigenvalue weighted by atomic mass is 10.2. The molecule has 0 amide bonds. The smallest absolute Gasteiger partial charge is 0.209 e. The molecule has 0 aliphatic heterocycles. The Kier molecular flexibility index (Phi) is 2.17. The molecule has 2 rings (SSSR count). The number of hydrogen-bond acceptors (Lipinski definition) is 4. The highest BCUT2D eigenvalue weighted by molar-refractivity contribution is 5.76. The third kappa shape index (κ3) is 1.34. The summed E-state index contributed by atoms with van der Waals surface area (Å²) in [7, 11) is 0. The molecule has 0 aliphatic carbocycles. The van der Waals surface area contributed by atoms with Crippen LogP contribution in [0.1, 0.15) is 11.5 Å². The van der Waals surface area contributed by atoms with Crippen molar-refractivity contribution >= 4 is 11.1 Å². The standard InChI is InChI=1S/C10H9N3O/c11-5-4-9-13-8-3-1-2-7(6-12)10(8)14-9/h1-3H,4,6,12H2. The van der Waals surface area contributed by atoms with Gasteiger partial charge in [0.2, 0.25) is 5.89 Å². The highest BCUT2D eigenvalue weighted by Crippen LogP contribution is 2.19. The minimum atomic E-state index is 0.193. The van der Waals surface area contributed by atoms with E-state index in [0.29, 0.717) is 18.0 Å². The van der Waals surface area contributed by atoms with Crippen LogP contribution in [-0.2, 0) is 13.0 Å². The van der Waals surface area contributed by atoms with Crippen LogP contribution in [0.3, 0.4) is 0 Å². The number of aromatic nitrogens is 1. The second-order valence-electron chi connectivity index (χ2n) is 2.91. The molecule has 0 bridgehead atoms. The van der Waals surface area contributed by atoms with Crippen LogP contribution < -0.4 is 5.73 Å². The molecule has 0 unspecified atom stereocenters. The fourth-order valence-electron chi connectivity index (χ4n) is 1.36. The summed E-state index contributed by atoms with van der Waals surface area (Å²) < 4.78 is 5.42. The normalized spacial score (nSPS) is 10.3. The Labute approximate surface area is 81.0 Å². The van der Waals surface area contributed by atoms with Gasteiger partial charge in [0.1, 0.15) is 11.9 Å².